The van der Waals surface area contributed by atoms with Crippen LogP contribution in [0.2, 0.25) is 0 Å². The molecule has 37 heavy (non-hydrogen) atoms. The molecule has 4 N–H and O–H groups in total. The van der Waals surface area contributed by atoms with Gasteiger partial charge < -0.3 is 25.5 Å². The molecule has 1 atom stereocenters. The van der Waals surface area contributed by atoms with Crippen LogP contribution >= 0.6 is 0 Å². The van der Waals surface area contributed by atoms with Crippen molar-refractivity contribution in [1.29, 1.82) is 0 Å². The highest BCUT2D eigenvalue weighted by molar-refractivity contribution is 6.06. The lowest BCUT2D eigenvalue weighted by molar-refractivity contribution is -0.156. The molecule has 0 saturated heterocycles. The van der Waals surface area contributed by atoms with E-state index in [1.54, 1.807) is 45.0 Å². The number of hydrogen-bond acceptors (Lipinski definition) is 5. The summed E-state index contributed by atoms with van der Waals surface area (Å²) in [5, 5.41) is 3.71. The minimum atomic E-state index is -0.755. The van der Waals surface area contributed by atoms with Gasteiger partial charge in [-0.05, 0) is 84.6 Å². The monoisotopic (exact) mass is 514 g/mol. The summed E-state index contributed by atoms with van der Waals surface area (Å²) in [4.78, 5) is 43.5. The second-order valence-corrected chi connectivity index (χ2v) is 11.3. The highest BCUT2D eigenvalue weighted by Crippen LogP contribution is 2.20. The third-order valence-electron chi connectivity index (χ3n) is 5.54. The van der Waals surface area contributed by atoms with Crippen LogP contribution in [-0.2, 0) is 14.3 Å². The van der Waals surface area contributed by atoms with Crippen molar-refractivity contribution >= 4 is 34.7 Å². The van der Waals surface area contributed by atoms with E-state index in [0.717, 1.165) is 36.6 Å². The van der Waals surface area contributed by atoms with Crippen molar-refractivity contribution in [2.45, 2.75) is 91.8 Å². The van der Waals surface area contributed by atoms with Crippen LogP contribution in [0.3, 0.4) is 0 Å². The molecular weight excluding hydrogens is 472 g/mol. The van der Waals surface area contributed by atoms with Crippen LogP contribution in [0, 0.1) is 5.92 Å². The van der Waals surface area contributed by atoms with E-state index in [-0.39, 0.29) is 23.6 Å². The number of amides is 2. The zero-order valence-electron chi connectivity index (χ0n) is 23.2. The quantitative estimate of drug-likeness (QED) is 0.167. The topological polar surface area (TPSA) is 136 Å². The number of benzene rings is 1. The van der Waals surface area contributed by atoms with Gasteiger partial charge in [-0.3, -0.25) is 9.59 Å². The molecule has 0 bridgehead atoms. The first-order valence-corrected chi connectivity index (χ1v) is 12.9. The minimum absolute atomic E-state index is 0.0420. The lowest BCUT2D eigenvalue weighted by Crippen LogP contribution is -2.25. The number of aliphatic imine (C=N–C) groups is 1. The molecule has 2 amide bonds. The van der Waals surface area contributed by atoms with Gasteiger partial charge in [0.15, 0.2) is 0 Å². The number of carbonyl (C=O) groups is 3. The summed E-state index contributed by atoms with van der Waals surface area (Å²) in [7, 11) is 0. The first-order chi connectivity index (χ1) is 17.2. The first kappa shape index (κ1) is 29.9. The third-order valence-corrected chi connectivity index (χ3v) is 5.54. The summed E-state index contributed by atoms with van der Waals surface area (Å²) in [6, 6.07) is 7.02. The lowest BCUT2D eigenvalue weighted by Gasteiger charge is -2.21. The van der Waals surface area contributed by atoms with Crippen molar-refractivity contribution < 1.29 is 23.9 Å². The maximum atomic E-state index is 12.6. The number of ether oxygens (including phenoxy) is 2. The van der Waals surface area contributed by atoms with Crippen LogP contribution in [0.15, 0.2) is 29.3 Å². The standard InChI is InChI=1S/C28H42N4O5/c1-8-18(15-23(33)36-27(2,3)4)11-9-10-14-30-25(34)22-17-20-16-19(12-13-21(20)31-22)24(29)32-26(35)37-28(5,6)7/h12-13,16-18,31H,8-11,14-15H2,1-7H3,(H,30,34)(H2,29,32,35). The van der Waals surface area contributed by atoms with Crippen molar-refractivity contribution in [3.05, 3.63) is 35.5 Å². The van der Waals surface area contributed by atoms with Crippen LogP contribution in [0.25, 0.3) is 10.9 Å². The Morgan fingerprint density at radius 2 is 1.70 bits per heavy atom. The average molecular weight is 515 g/mol. The number of hydrogen-bond donors (Lipinski definition) is 3. The maximum Gasteiger partial charge on any atom is 0.436 e. The first-order valence-electron chi connectivity index (χ1n) is 12.9. The van der Waals surface area contributed by atoms with Gasteiger partial charge in [0.25, 0.3) is 5.91 Å². The number of unbranched alkanes of at least 4 members (excludes halogenated alkanes) is 1. The number of H-pyrrole nitrogens is 1. The maximum absolute atomic E-state index is 12.6. The number of nitrogens with zero attached hydrogens (tertiary/aromatic N) is 1. The van der Waals surface area contributed by atoms with Crippen LogP contribution in [0.5, 0.6) is 0 Å². The minimum Gasteiger partial charge on any atom is -0.460 e. The van der Waals surface area contributed by atoms with Gasteiger partial charge in [0.2, 0.25) is 0 Å². The summed E-state index contributed by atoms with van der Waals surface area (Å²) in [5.41, 5.74) is 6.62. The molecule has 2 rings (SSSR count). The number of rotatable bonds is 10. The molecule has 1 aromatic heterocycles. The molecular formula is C28H42N4O5. The third kappa shape index (κ3) is 10.7. The Kier molecular flexibility index (Phi) is 10.3. The zero-order chi connectivity index (χ0) is 27.8. The largest absolute Gasteiger partial charge is 0.460 e. The van der Waals surface area contributed by atoms with E-state index in [4.69, 9.17) is 15.2 Å². The molecule has 0 aliphatic carbocycles. The Labute approximate surface area is 219 Å². The van der Waals surface area contributed by atoms with E-state index in [2.05, 4.69) is 22.2 Å². The molecule has 0 aliphatic heterocycles. The normalized spacial score (nSPS) is 13.3. The number of amidine groups is 1. The number of aromatic amines is 1. The van der Waals surface area contributed by atoms with E-state index >= 15 is 0 Å². The summed E-state index contributed by atoms with van der Waals surface area (Å²) in [6.45, 7) is 13.5. The van der Waals surface area contributed by atoms with Crippen LogP contribution in [0.1, 0.15) is 96.6 Å². The van der Waals surface area contributed by atoms with Gasteiger partial charge in [0.1, 0.15) is 22.7 Å². The van der Waals surface area contributed by atoms with Gasteiger partial charge in [-0.15, -0.1) is 0 Å². The molecule has 9 heteroatoms. The van der Waals surface area contributed by atoms with Gasteiger partial charge in [-0.25, -0.2) is 4.79 Å². The fourth-order valence-corrected chi connectivity index (χ4v) is 3.79. The highest BCUT2D eigenvalue weighted by atomic mass is 16.6. The van der Waals surface area contributed by atoms with E-state index in [0.29, 0.717) is 24.2 Å². The Balaban J connectivity index is 1.86. The van der Waals surface area contributed by atoms with Crippen molar-refractivity contribution in [1.82, 2.24) is 10.3 Å². The zero-order valence-corrected chi connectivity index (χ0v) is 23.2. The number of nitrogens with one attached hydrogen (secondary N) is 2. The van der Waals surface area contributed by atoms with Crippen molar-refractivity contribution in [3.8, 4) is 0 Å². The van der Waals surface area contributed by atoms with Crippen LogP contribution in [-0.4, -0.2) is 46.5 Å². The Morgan fingerprint density at radius 1 is 1.03 bits per heavy atom. The van der Waals surface area contributed by atoms with Crippen molar-refractivity contribution in [2.24, 2.45) is 16.6 Å². The molecule has 0 fully saturated rings. The van der Waals surface area contributed by atoms with Gasteiger partial charge in [-0.2, -0.15) is 4.99 Å². The molecule has 1 heterocycles. The molecule has 0 aliphatic rings. The number of fused-ring (bicyclic) bond motifs is 1. The smallest absolute Gasteiger partial charge is 0.436 e. The molecule has 2 aromatic rings. The number of nitrogens with two attached hydrogens (primary N) is 1. The second-order valence-electron chi connectivity index (χ2n) is 11.3. The van der Waals surface area contributed by atoms with E-state index in [1.165, 1.54) is 0 Å². The fourth-order valence-electron chi connectivity index (χ4n) is 3.79. The highest BCUT2D eigenvalue weighted by Gasteiger charge is 2.20. The van der Waals surface area contributed by atoms with Gasteiger partial charge in [0.05, 0.1) is 0 Å². The summed E-state index contributed by atoms with van der Waals surface area (Å²) < 4.78 is 10.6. The summed E-state index contributed by atoms with van der Waals surface area (Å²) >= 11 is 0. The fraction of sp³-hybridized carbons (Fsp3) is 0.571. The van der Waals surface area contributed by atoms with E-state index in [1.807, 2.05) is 20.8 Å². The van der Waals surface area contributed by atoms with Gasteiger partial charge in [-0.1, -0.05) is 19.8 Å². The van der Waals surface area contributed by atoms with Crippen molar-refractivity contribution in [3.63, 3.8) is 0 Å². The number of carbonyl (C=O) groups excluding carboxylic acids is 3. The predicted molar refractivity (Wildman–Crippen MR) is 146 cm³/mol. The second kappa shape index (κ2) is 12.7. The number of aromatic nitrogens is 1. The van der Waals surface area contributed by atoms with Crippen LogP contribution < -0.4 is 11.1 Å². The summed E-state index contributed by atoms with van der Waals surface area (Å²) in [5.74, 6) is -0.0402. The van der Waals surface area contributed by atoms with Gasteiger partial charge in [0, 0.05) is 29.4 Å². The summed E-state index contributed by atoms with van der Waals surface area (Å²) in [6.07, 6.45) is 3.22. The Morgan fingerprint density at radius 3 is 2.32 bits per heavy atom. The Bertz CT molecular complexity index is 1120. The Hall–Kier alpha value is -3.36. The van der Waals surface area contributed by atoms with Crippen molar-refractivity contribution in [2.75, 3.05) is 6.54 Å². The molecule has 0 spiro atoms. The van der Waals surface area contributed by atoms with Crippen LogP contribution in [0.4, 0.5) is 4.79 Å². The molecule has 1 aromatic carbocycles. The molecule has 1 unspecified atom stereocenters. The number of esters is 1. The molecule has 0 radical (unpaired) electrons. The molecule has 0 saturated carbocycles. The predicted octanol–water partition coefficient (Wildman–Crippen LogP) is 5.47. The lowest BCUT2D eigenvalue weighted by atomic mass is 9.95. The van der Waals surface area contributed by atoms with E-state index in [9.17, 15) is 14.4 Å². The molecule has 9 nitrogen and oxygen atoms in total. The molecule has 204 valence electrons. The average Bonchev–Trinajstić information content (AvgIpc) is 3.18. The SMILES string of the molecule is CCC(CCCCNC(=O)c1cc2cc(/C(N)=N/C(=O)OC(C)(C)C)ccc2[nH]1)CC(=O)OC(C)(C)C. The van der Waals surface area contributed by atoms with E-state index < -0.39 is 17.3 Å². The van der Waals surface area contributed by atoms with Gasteiger partial charge >= 0.3 is 12.1 Å².